The lowest BCUT2D eigenvalue weighted by Gasteiger charge is -2.19. The molecule has 2 aromatic rings. The minimum absolute atomic E-state index is 0.0179. The summed E-state index contributed by atoms with van der Waals surface area (Å²) in [4.78, 5) is 35.5. The van der Waals surface area contributed by atoms with E-state index in [0.717, 1.165) is 0 Å². The number of carbonyl (C=O) groups excluding carboxylic acids is 2. The van der Waals surface area contributed by atoms with Crippen molar-refractivity contribution in [3.63, 3.8) is 0 Å². The minimum atomic E-state index is -0.996. The second-order valence-electron chi connectivity index (χ2n) is 7.06. The first-order valence-corrected chi connectivity index (χ1v) is 9.05. The number of ether oxygens (including phenoxy) is 1. The average Bonchev–Trinajstić information content (AvgIpc) is 2.68. The molecule has 2 aromatic carbocycles. The van der Waals surface area contributed by atoms with Crippen molar-refractivity contribution in [3.05, 3.63) is 59.7 Å². The van der Waals surface area contributed by atoms with Crippen LogP contribution in [0.4, 0.5) is 5.69 Å². The molecule has 2 N–H and O–H groups in total. The Morgan fingerprint density at radius 2 is 1.57 bits per heavy atom. The van der Waals surface area contributed by atoms with Crippen LogP contribution in [0.25, 0.3) is 0 Å². The molecule has 2 rings (SSSR count). The number of hydrogen-bond acceptors (Lipinski definition) is 4. The van der Waals surface area contributed by atoms with Crippen molar-refractivity contribution < 1.29 is 24.2 Å². The van der Waals surface area contributed by atoms with E-state index >= 15 is 0 Å². The van der Waals surface area contributed by atoms with Gasteiger partial charge < -0.3 is 15.2 Å². The lowest BCUT2D eigenvalue weighted by molar-refractivity contribution is -0.142. The Bertz CT molecular complexity index is 838. The van der Waals surface area contributed by atoms with Gasteiger partial charge >= 0.3 is 5.97 Å². The van der Waals surface area contributed by atoms with Gasteiger partial charge in [-0.1, -0.05) is 12.1 Å². The van der Waals surface area contributed by atoms with Crippen LogP contribution in [0.15, 0.2) is 48.5 Å². The molecule has 1 amide bonds. The summed E-state index contributed by atoms with van der Waals surface area (Å²) in [6.07, 6.45) is 0.955. The molecule has 6 heteroatoms. The van der Waals surface area contributed by atoms with Gasteiger partial charge in [-0.25, -0.2) is 0 Å². The zero-order chi connectivity index (χ0) is 20.7. The molecule has 0 aromatic heterocycles. The van der Waals surface area contributed by atoms with Gasteiger partial charge in [-0.3, -0.25) is 14.4 Å². The van der Waals surface area contributed by atoms with Crippen molar-refractivity contribution in [2.24, 2.45) is 0 Å². The summed E-state index contributed by atoms with van der Waals surface area (Å²) >= 11 is 0. The van der Waals surface area contributed by atoms with Gasteiger partial charge in [0, 0.05) is 24.1 Å². The Hall–Kier alpha value is -3.15. The van der Waals surface area contributed by atoms with Crippen molar-refractivity contribution in [3.8, 4) is 5.75 Å². The highest BCUT2D eigenvalue weighted by Crippen LogP contribution is 2.25. The second-order valence-corrected chi connectivity index (χ2v) is 7.06. The molecule has 0 unspecified atom stereocenters. The number of nitrogens with one attached hydrogen (secondary N) is 1. The first kappa shape index (κ1) is 21.2. The molecule has 0 fully saturated rings. The molecule has 0 saturated carbocycles. The van der Waals surface area contributed by atoms with Crippen molar-refractivity contribution in [2.45, 2.75) is 38.5 Å². The average molecular weight is 383 g/mol. The standard InChI is InChI=1S/C22H25NO5/c1-22(2,21(26)27)16-9-11-17(12-10-16)23-20(25)6-4-5-19(24)15-7-13-18(28-3)14-8-15/h7-14H,4-6H2,1-3H3,(H,23,25)(H,26,27). The van der Waals surface area contributed by atoms with Crippen molar-refractivity contribution in [1.82, 2.24) is 0 Å². The highest BCUT2D eigenvalue weighted by Gasteiger charge is 2.29. The van der Waals surface area contributed by atoms with Crippen LogP contribution in [0.5, 0.6) is 5.75 Å². The number of benzene rings is 2. The summed E-state index contributed by atoms with van der Waals surface area (Å²) in [6.45, 7) is 3.26. The monoisotopic (exact) mass is 383 g/mol. The summed E-state index contributed by atoms with van der Waals surface area (Å²) < 4.78 is 5.06. The Morgan fingerprint density at radius 3 is 2.11 bits per heavy atom. The smallest absolute Gasteiger partial charge is 0.313 e. The first-order chi connectivity index (χ1) is 13.2. The quantitative estimate of drug-likeness (QED) is 0.637. The highest BCUT2D eigenvalue weighted by atomic mass is 16.5. The maximum atomic E-state index is 12.2. The van der Waals surface area contributed by atoms with Crippen LogP contribution in [-0.4, -0.2) is 29.9 Å². The SMILES string of the molecule is COc1ccc(C(=O)CCCC(=O)Nc2ccc(C(C)(C)C(=O)O)cc2)cc1. The van der Waals surface area contributed by atoms with E-state index < -0.39 is 11.4 Å². The number of anilines is 1. The van der Waals surface area contributed by atoms with E-state index in [1.165, 1.54) is 0 Å². The molecule has 0 radical (unpaired) electrons. The predicted octanol–water partition coefficient (Wildman–Crippen LogP) is 4.05. The normalized spacial score (nSPS) is 11.0. The number of rotatable bonds is 9. The Morgan fingerprint density at radius 1 is 0.964 bits per heavy atom. The van der Waals surface area contributed by atoms with E-state index in [1.807, 2.05) is 0 Å². The number of ketones is 1. The number of carbonyl (C=O) groups is 3. The number of aliphatic carboxylic acids is 1. The number of hydrogen-bond donors (Lipinski definition) is 2. The lowest BCUT2D eigenvalue weighted by Crippen LogP contribution is -2.28. The molecule has 0 heterocycles. The molecule has 0 spiro atoms. The van der Waals surface area contributed by atoms with Crippen LogP contribution in [0.3, 0.4) is 0 Å². The summed E-state index contributed by atoms with van der Waals surface area (Å²) in [6, 6.07) is 13.6. The van der Waals surface area contributed by atoms with Crippen LogP contribution in [0, 0.1) is 0 Å². The fraction of sp³-hybridized carbons (Fsp3) is 0.318. The molecular weight excluding hydrogens is 358 g/mol. The maximum absolute atomic E-state index is 12.2. The van der Waals surface area contributed by atoms with E-state index in [-0.39, 0.29) is 24.5 Å². The molecule has 6 nitrogen and oxygen atoms in total. The zero-order valence-corrected chi connectivity index (χ0v) is 16.3. The molecule has 0 saturated heterocycles. The number of carboxylic acids is 1. The number of Topliss-reactive ketones (excluding diaryl/α,β-unsaturated/α-hetero) is 1. The molecule has 0 aliphatic rings. The predicted molar refractivity (Wildman–Crippen MR) is 107 cm³/mol. The lowest BCUT2D eigenvalue weighted by atomic mass is 9.85. The summed E-state index contributed by atoms with van der Waals surface area (Å²) in [5, 5.41) is 12.0. The van der Waals surface area contributed by atoms with Gasteiger partial charge in [0.25, 0.3) is 0 Å². The fourth-order valence-corrected chi connectivity index (χ4v) is 2.65. The second kappa shape index (κ2) is 9.17. The Kier molecular flexibility index (Phi) is 6.93. The molecular formula is C22H25NO5. The van der Waals surface area contributed by atoms with Gasteiger partial charge in [0.1, 0.15) is 5.75 Å². The molecule has 0 aliphatic heterocycles. The van der Waals surface area contributed by atoms with Gasteiger partial charge in [0.2, 0.25) is 5.91 Å². The number of methoxy groups -OCH3 is 1. The first-order valence-electron chi connectivity index (χ1n) is 9.05. The van der Waals surface area contributed by atoms with E-state index in [0.29, 0.717) is 29.0 Å². The van der Waals surface area contributed by atoms with Gasteiger partial charge in [0.15, 0.2) is 5.78 Å². The van der Waals surface area contributed by atoms with Gasteiger partial charge in [-0.2, -0.15) is 0 Å². The van der Waals surface area contributed by atoms with Crippen LogP contribution in [-0.2, 0) is 15.0 Å². The Labute approximate surface area is 164 Å². The number of amides is 1. The molecule has 28 heavy (non-hydrogen) atoms. The third kappa shape index (κ3) is 5.42. The molecule has 0 aliphatic carbocycles. The molecule has 148 valence electrons. The van der Waals surface area contributed by atoms with Gasteiger partial charge in [-0.05, 0) is 62.2 Å². The largest absolute Gasteiger partial charge is 0.497 e. The van der Waals surface area contributed by atoms with Gasteiger partial charge in [0.05, 0.1) is 12.5 Å². The van der Waals surface area contributed by atoms with E-state index in [2.05, 4.69) is 5.32 Å². The van der Waals surface area contributed by atoms with Gasteiger partial charge in [-0.15, -0.1) is 0 Å². The third-order valence-corrected chi connectivity index (χ3v) is 4.64. The van der Waals surface area contributed by atoms with E-state index in [1.54, 1.807) is 69.5 Å². The summed E-state index contributed by atoms with van der Waals surface area (Å²) in [7, 11) is 1.57. The topological polar surface area (TPSA) is 92.7 Å². The zero-order valence-electron chi connectivity index (χ0n) is 16.3. The summed E-state index contributed by atoms with van der Waals surface area (Å²) in [5.74, 6) is -0.428. The number of carboxylic acid groups (broad SMARTS) is 1. The van der Waals surface area contributed by atoms with Crippen molar-refractivity contribution in [1.29, 1.82) is 0 Å². The van der Waals surface area contributed by atoms with E-state index in [9.17, 15) is 19.5 Å². The van der Waals surface area contributed by atoms with Crippen molar-refractivity contribution in [2.75, 3.05) is 12.4 Å². The van der Waals surface area contributed by atoms with Crippen molar-refractivity contribution >= 4 is 23.3 Å². The van der Waals surface area contributed by atoms with Crippen LogP contribution < -0.4 is 10.1 Å². The highest BCUT2D eigenvalue weighted by molar-refractivity contribution is 5.97. The van der Waals surface area contributed by atoms with Crippen LogP contribution in [0.2, 0.25) is 0 Å². The molecule has 0 atom stereocenters. The Balaban J connectivity index is 1.82. The van der Waals surface area contributed by atoms with Crippen LogP contribution >= 0.6 is 0 Å². The fourth-order valence-electron chi connectivity index (χ4n) is 2.65. The van der Waals surface area contributed by atoms with E-state index in [4.69, 9.17) is 4.74 Å². The third-order valence-electron chi connectivity index (χ3n) is 4.64. The summed E-state index contributed by atoms with van der Waals surface area (Å²) in [5.41, 5.74) is 0.849. The maximum Gasteiger partial charge on any atom is 0.313 e. The van der Waals surface area contributed by atoms with Crippen LogP contribution in [0.1, 0.15) is 49.0 Å². The minimum Gasteiger partial charge on any atom is -0.497 e. The molecule has 0 bridgehead atoms.